The summed E-state index contributed by atoms with van der Waals surface area (Å²) in [5.74, 6) is 0.329. The van der Waals surface area contributed by atoms with E-state index in [1.54, 1.807) is 7.05 Å². The number of pyridine rings is 1. The van der Waals surface area contributed by atoms with Gasteiger partial charge in [-0.25, -0.2) is 4.98 Å². The predicted octanol–water partition coefficient (Wildman–Crippen LogP) is 2.21. The van der Waals surface area contributed by atoms with Gasteiger partial charge in [0.2, 0.25) is 0 Å². The zero-order valence-electron chi connectivity index (χ0n) is 17.1. The molecule has 4 rings (SSSR count). The van der Waals surface area contributed by atoms with Crippen molar-refractivity contribution < 1.29 is 4.79 Å². The van der Waals surface area contributed by atoms with Crippen LogP contribution in [0.3, 0.4) is 0 Å². The minimum atomic E-state index is -0.123. The van der Waals surface area contributed by atoms with Gasteiger partial charge in [-0.1, -0.05) is 24.3 Å². The van der Waals surface area contributed by atoms with Crippen molar-refractivity contribution in [1.29, 1.82) is 0 Å². The summed E-state index contributed by atoms with van der Waals surface area (Å²) in [6.07, 6.45) is 6.02. The number of thiazole rings is 1. The van der Waals surface area contributed by atoms with Crippen molar-refractivity contribution in [3.63, 3.8) is 0 Å². The highest BCUT2D eigenvalue weighted by molar-refractivity contribution is 7.17. The molecule has 29 heavy (non-hydrogen) atoms. The summed E-state index contributed by atoms with van der Waals surface area (Å²) in [5.41, 5.74) is 2.03. The largest absolute Gasteiger partial charge is 0.360 e. The smallest absolute Gasteiger partial charge is 0.280 e. The van der Waals surface area contributed by atoms with E-state index >= 15 is 0 Å². The lowest BCUT2D eigenvalue weighted by molar-refractivity contribution is 0.0962. The van der Waals surface area contributed by atoms with E-state index in [1.807, 2.05) is 19.2 Å². The standard InChI is InChI=1S/C21H29N5O2S/c1-3-14-5-7-17(24-19(14)27)15-4-6-16(12-15)25-8-10-26(11-9-25)18-13-23-21(29-18)20(28)22-2/h5,7,13,15-16H,3-4,6,8-12H2,1-2H3,(H,22,28)(H,24,27)/t15-,16+/m1/s1. The average Bonchev–Trinajstić information content (AvgIpc) is 3.43. The molecular weight excluding hydrogens is 386 g/mol. The van der Waals surface area contributed by atoms with Crippen LogP contribution >= 0.6 is 11.3 Å². The Bertz CT molecular complexity index is 916. The highest BCUT2D eigenvalue weighted by Crippen LogP contribution is 2.36. The molecular formula is C21H29N5O2S. The highest BCUT2D eigenvalue weighted by atomic mass is 32.1. The number of H-pyrrole nitrogens is 1. The van der Waals surface area contributed by atoms with Crippen LogP contribution in [0.15, 0.2) is 23.1 Å². The number of anilines is 1. The second-order valence-corrected chi connectivity index (χ2v) is 8.90. The molecule has 1 saturated carbocycles. The maximum Gasteiger partial charge on any atom is 0.280 e. The number of aromatic nitrogens is 2. The molecule has 7 nitrogen and oxygen atoms in total. The minimum Gasteiger partial charge on any atom is -0.360 e. The van der Waals surface area contributed by atoms with Crippen molar-refractivity contribution in [1.82, 2.24) is 20.2 Å². The van der Waals surface area contributed by atoms with E-state index in [2.05, 4.69) is 31.2 Å². The number of carbonyl (C=O) groups excluding carboxylic acids is 1. The van der Waals surface area contributed by atoms with Gasteiger partial charge in [0.15, 0.2) is 5.01 Å². The van der Waals surface area contributed by atoms with Gasteiger partial charge in [0, 0.05) is 56.4 Å². The third-order valence-corrected chi connectivity index (χ3v) is 7.35. The molecule has 1 saturated heterocycles. The summed E-state index contributed by atoms with van der Waals surface area (Å²) in [6, 6.07) is 4.68. The first-order chi connectivity index (χ1) is 14.1. The van der Waals surface area contributed by atoms with Gasteiger partial charge < -0.3 is 15.2 Å². The molecule has 2 aromatic rings. The molecule has 3 heterocycles. The molecule has 0 spiro atoms. The second kappa shape index (κ2) is 8.67. The fraction of sp³-hybridized carbons (Fsp3) is 0.571. The van der Waals surface area contributed by atoms with Crippen LogP contribution in [0.4, 0.5) is 5.00 Å². The summed E-state index contributed by atoms with van der Waals surface area (Å²) >= 11 is 1.46. The molecule has 2 N–H and O–H groups in total. The molecule has 2 aliphatic rings. The van der Waals surface area contributed by atoms with Gasteiger partial charge in [0.05, 0.1) is 6.20 Å². The Labute approximate surface area is 175 Å². The van der Waals surface area contributed by atoms with Crippen molar-refractivity contribution >= 4 is 22.2 Å². The molecule has 0 radical (unpaired) electrons. The Morgan fingerprint density at radius 1 is 1.28 bits per heavy atom. The quantitative estimate of drug-likeness (QED) is 0.783. The predicted molar refractivity (Wildman–Crippen MR) is 116 cm³/mol. The zero-order chi connectivity index (χ0) is 20.4. The van der Waals surface area contributed by atoms with Gasteiger partial charge in [-0.3, -0.25) is 14.5 Å². The SMILES string of the molecule is CCc1ccc([C@@H]2CC[C@H](N3CCN(c4cnc(C(=O)NC)s4)CC3)C2)[nH]c1=O. The number of nitrogens with one attached hydrogen (secondary N) is 2. The summed E-state index contributed by atoms with van der Waals surface area (Å²) in [6.45, 7) is 5.98. The van der Waals surface area contributed by atoms with Gasteiger partial charge in [0.25, 0.3) is 11.5 Å². The monoisotopic (exact) mass is 415 g/mol. The fourth-order valence-electron chi connectivity index (χ4n) is 4.54. The number of hydrogen-bond donors (Lipinski definition) is 2. The summed E-state index contributed by atoms with van der Waals surface area (Å²) < 4.78 is 0. The van der Waals surface area contributed by atoms with Crippen molar-refractivity contribution in [2.45, 2.75) is 44.6 Å². The van der Waals surface area contributed by atoms with Gasteiger partial charge in [0.1, 0.15) is 5.00 Å². The lowest BCUT2D eigenvalue weighted by Gasteiger charge is -2.38. The first-order valence-corrected chi connectivity index (χ1v) is 11.3. The van der Waals surface area contributed by atoms with Crippen LogP contribution in [0.25, 0.3) is 0 Å². The number of carbonyl (C=O) groups is 1. The van der Waals surface area contributed by atoms with Gasteiger partial charge in [-0.2, -0.15) is 0 Å². The fourth-order valence-corrected chi connectivity index (χ4v) is 5.45. The summed E-state index contributed by atoms with van der Waals surface area (Å²) in [4.78, 5) is 36.2. The normalized spacial score (nSPS) is 22.8. The summed E-state index contributed by atoms with van der Waals surface area (Å²) in [7, 11) is 1.63. The zero-order valence-corrected chi connectivity index (χ0v) is 17.9. The van der Waals surface area contributed by atoms with Crippen LogP contribution in [0.1, 0.15) is 53.2 Å². The third-order valence-electron chi connectivity index (χ3n) is 6.30. The number of aromatic amines is 1. The molecule has 8 heteroatoms. The molecule has 0 bridgehead atoms. The molecule has 2 aromatic heterocycles. The number of nitrogens with zero attached hydrogens (tertiary/aromatic N) is 3. The lowest BCUT2D eigenvalue weighted by Crippen LogP contribution is -2.49. The molecule has 2 fully saturated rings. The topological polar surface area (TPSA) is 81.3 Å². The van der Waals surface area contributed by atoms with Gasteiger partial charge in [-0.15, -0.1) is 0 Å². The van der Waals surface area contributed by atoms with Crippen molar-refractivity contribution in [2.24, 2.45) is 0 Å². The van der Waals surface area contributed by atoms with Crippen molar-refractivity contribution in [3.8, 4) is 0 Å². The van der Waals surface area contributed by atoms with E-state index in [9.17, 15) is 9.59 Å². The van der Waals surface area contributed by atoms with Crippen molar-refractivity contribution in [3.05, 3.63) is 44.9 Å². The summed E-state index contributed by atoms with van der Waals surface area (Å²) in [5, 5.41) is 4.22. The molecule has 0 unspecified atom stereocenters. The number of aryl methyl sites for hydroxylation is 1. The van der Waals surface area contributed by atoms with E-state index < -0.39 is 0 Å². The molecule has 0 aromatic carbocycles. The third kappa shape index (κ3) is 4.23. The Balaban J connectivity index is 1.32. The Hall–Kier alpha value is -2.19. The molecule has 1 amide bonds. The van der Waals surface area contributed by atoms with Gasteiger partial charge in [-0.05, 0) is 31.7 Å². The van der Waals surface area contributed by atoms with Crippen LogP contribution in [0.5, 0.6) is 0 Å². The van der Waals surface area contributed by atoms with E-state index in [0.29, 0.717) is 17.0 Å². The maximum absolute atomic E-state index is 12.1. The van der Waals surface area contributed by atoms with Crippen molar-refractivity contribution in [2.75, 3.05) is 38.1 Å². The van der Waals surface area contributed by atoms with E-state index in [-0.39, 0.29) is 11.5 Å². The average molecular weight is 416 g/mol. The Morgan fingerprint density at radius 3 is 2.76 bits per heavy atom. The first kappa shape index (κ1) is 20.1. The van der Waals surface area contributed by atoms with Crippen LogP contribution in [0, 0.1) is 0 Å². The number of hydrogen-bond acceptors (Lipinski definition) is 6. The van der Waals surface area contributed by atoms with Crippen LogP contribution in [-0.2, 0) is 6.42 Å². The van der Waals surface area contributed by atoms with Gasteiger partial charge >= 0.3 is 0 Å². The number of piperazine rings is 1. The molecule has 1 aliphatic heterocycles. The Kier molecular flexibility index (Phi) is 6.01. The first-order valence-electron chi connectivity index (χ1n) is 10.5. The second-order valence-electron chi connectivity index (χ2n) is 7.89. The number of rotatable bonds is 5. The maximum atomic E-state index is 12.1. The molecule has 1 aliphatic carbocycles. The minimum absolute atomic E-state index is 0.0720. The Morgan fingerprint density at radius 2 is 2.07 bits per heavy atom. The number of amides is 1. The highest BCUT2D eigenvalue weighted by Gasteiger charge is 2.32. The molecule has 156 valence electrons. The lowest BCUT2D eigenvalue weighted by atomic mass is 10.0. The van der Waals surface area contributed by atoms with E-state index in [1.165, 1.54) is 17.8 Å². The van der Waals surface area contributed by atoms with Crippen LogP contribution < -0.4 is 15.8 Å². The van der Waals surface area contributed by atoms with Crippen LogP contribution in [-0.4, -0.2) is 60.0 Å². The van der Waals surface area contributed by atoms with E-state index in [0.717, 1.165) is 61.7 Å². The molecule has 2 atom stereocenters. The van der Waals surface area contributed by atoms with E-state index in [4.69, 9.17) is 0 Å². The van der Waals surface area contributed by atoms with Crippen LogP contribution in [0.2, 0.25) is 0 Å².